The summed E-state index contributed by atoms with van der Waals surface area (Å²) >= 11 is 0. The normalized spacial score (nSPS) is 25.0. The number of carbonyl (C=O) groups excluding carboxylic acids is 2. The maximum atomic E-state index is 12.2. The van der Waals surface area contributed by atoms with Crippen LogP contribution < -0.4 is 5.32 Å². The highest BCUT2D eigenvalue weighted by Gasteiger charge is 2.39. The molecule has 0 saturated carbocycles. The molecule has 23 heavy (non-hydrogen) atoms. The van der Waals surface area contributed by atoms with Crippen molar-refractivity contribution in [3.8, 4) is 0 Å². The summed E-state index contributed by atoms with van der Waals surface area (Å²) < 4.78 is 5.22. The summed E-state index contributed by atoms with van der Waals surface area (Å²) in [6, 6.07) is 4.25. The highest BCUT2D eigenvalue weighted by molar-refractivity contribution is 5.78. The number of hydrogen-bond donors (Lipinski definition) is 1. The fraction of sp³-hybridized carbons (Fsp3) is 0.647. The molecule has 2 atom stereocenters. The van der Waals surface area contributed by atoms with E-state index in [1.54, 1.807) is 13.2 Å². The molecule has 1 aromatic rings. The molecule has 0 radical (unpaired) electrons. The van der Waals surface area contributed by atoms with Crippen LogP contribution in [-0.2, 0) is 16.1 Å². The minimum Gasteiger partial charge on any atom is -0.467 e. The van der Waals surface area contributed by atoms with Crippen molar-refractivity contribution in [1.29, 1.82) is 0 Å². The second kappa shape index (κ2) is 7.17. The van der Waals surface area contributed by atoms with Crippen molar-refractivity contribution < 1.29 is 14.0 Å². The lowest BCUT2D eigenvalue weighted by molar-refractivity contribution is -0.130. The van der Waals surface area contributed by atoms with E-state index in [0.29, 0.717) is 19.1 Å². The third kappa shape index (κ3) is 3.75. The summed E-state index contributed by atoms with van der Waals surface area (Å²) in [7, 11) is 0. The first-order valence-corrected chi connectivity index (χ1v) is 8.45. The summed E-state index contributed by atoms with van der Waals surface area (Å²) in [6.07, 6.45) is 5.89. The van der Waals surface area contributed by atoms with E-state index in [1.807, 2.05) is 17.0 Å². The van der Waals surface area contributed by atoms with Crippen molar-refractivity contribution in [3.05, 3.63) is 24.2 Å². The van der Waals surface area contributed by atoms with Gasteiger partial charge < -0.3 is 14.6 Å². The van der Waals surface area contributed by atoms with Crippen LogP contribution in [0.5, 0.6) is 0 Å². The van der Waals surface area contributed by atoms with Gasteiger partial charge in [0.2, 0.25) is 11.8 Å². The van der Waals surface area contributed by atoms with Gasteiger partial charge in [-0.2, -0.15) is 0 Å². The number of amides is 2. The molecule has 6 nitrogen and oxygen atoms in total. The van der Waals surface area contributed by atoms with Crippen LogP contribution in [0.4, 0.5) is 0 Å². The Morgan fingerprint density at radius 3 is 2.78 bits per heavy atom. The van der Waals surface area contributed by atoms with Crippen molar-refractivity contribution >= 4 is 11.8 Å². The number of hydrogen-bond acceptors (Lipinski definition) is 4. The fourth-order valence-corrected chi connectivity index (χ4v) is 3.91. The van der Waals surface area contributed by atoms with Gasteiger partial charge in [-0.25, -0.2) is 0 Å². The van der Waals surface area contributed by atoms with Crippen LogP contribution in [0, 0.1) is 0 Å². The van der Waals surface area contributed by atoms with Gasteiger partial charge in [0.25, 0.3) is 0 Å². The van der Waals surface area contributed by atoms with Gasteiger partial charge in [-0.3, -0.25) is 14.5 Å². The quantitative estimate of drug-likeness (QED) is 0.890. The Hall–Kier alpha value is -1.82. The smallest absolute Gasteiger partial charge is 0.234 e. The maximum Gasteiger partial charge on any atom is 0.234 e. The molecular formula is C17H25N3O3. The molecule has 0 aliphatic carbocycles. The Balaban J connectivity index is 1.54. The molecular weight excluding hydrogens is 294 g/mol. The van der Waals surface area contributed by atoms with Crippen LogP contribution in [0.2, 0.25) is 0 Å². The molecule has 1 aromatic heterocycles. The van der Waals surface area contributed by atoms with Crippen LogP contribution in [-0.4, -0.2) is 53.3 Å². The fourth-order valence-electron chi connectivity index (χ4n) is 3.91. The molecule has 0 aromatic carbocycles. The Labute approximate surface area is 136 Å². The van der Waals surface area contributed by atoms with Crippen LogP contribution in [0.1, 0.15) is 38.4 Å². The first-order chi connectivity index (χ1) is 11.1. The van der Waals surface area contributed by atoms with E-state index in [4.69, 9.17) is 4.42 Å². The largest absolute Gasteiger partial charge is 0.467 e. The first-order valence-electron chi connectivity index (χ1n) is 8.45. The van der Waals surface area contributed by atoms with Gasteiger partial charge in [-0.15, -0.1) is 0 Å². The Morgan fingerprint density at radius 1 is 1.26 bits per heavy atom. The molecule has 6 heteroatoms. The van der Waals surface area contributed by atoms with E-state index in [-0.39, 0.29) is 17.9 Å². The molecule has 2 amide bonds. The van der Waals surface area contributed by atoms with Crippen molar-refractivity contribution in [1.82, 2.24) is 15.1 Å². The molecule has 3 heterocycles. The molecule has 2 aliphatic rings. The summed E-state index contributed by atoms with van der Waals surface area (Å²) in [4.78, 5) is 28.2. The molecule has 2 fully saturated rings. The van der Waals surface area contributed by atoms with Crippen LogP contribution in [0.25, 0.3) is 0 Å². The number of rotatable bonds is 5. The van der Waals surface area contributed by atoms with Crippen LogP contribution >= 0.6 is 0 Å². The van der Waals surface area contributed by atoms with Crippen molar-refractivity contribution in [2.24, 2.45) is 0 Å². The zero-order chi connectivity index (χ0) is 16.2. The lowest BCUT2D eigenvalue weighted by atomic mass is 10.0. The SMILES string of the molecule is CC(=O)N1CCCC1C1CCCN1CC(=O)NCc1ccco1. The summed E-state index contributed by atoms with van der Waals surface area (Å²) in [5, 5.41) is 2.90. The van der Waals surface area contributed by atoms with Gasteiger partial charge in [0.1, 0.15) is 5.76 Å². The summed E-state index contributed by atoms with van der Waals surface area (Å²) in [5.41, 5.74) is 0. The lowest BCUT2D eigenvalue weighted by Crippen LogP contribution is -2.50. The van der Waals surface area contributed by atoms with Gasteiger partial charge in [0.15, 0.2) is 0 Å². The molecule has 2 unspecified atom stereocenters. The number of nitrogens with zero attached hydrogens (tertiary/aromatic N) is 2. The second-order valence-corrected chi connectivity index (χ2v) is 6.46. The van der Waals surface area contributed by atoms with E-state index >= 15 is 0 Å². The van der Waals surface area contributed by atoms with Gasteiger partial charge in [-0.05, 0) is 44.4 Å². The van der Waals surface area contributed by atoms with E-state index in [1.165, 1.54) is 0 Å². The van der Waals surface area contributed by atoms with E-state index in [2.05, 4.69) is 10.2 Å². The van der Waals surface area contributed by atoms with Gasteiger partial charge >= 0.3 is 0 Å². The average Bonchev–Trinajstić information content (AvgIpc) is 3.25. The van der Waals surface area contributed by atoms with Crippen molar-refractivity contribution in [2.75, 3.05) is 19.6 Å². The Kier molecular flexibility index (Phi) is 5.00. The molecule has 3 rings (SSSR count). The third-order valence-corrected chi connectivity index (χ3v) is 4.95. The maximum absolute atomic E-state index is 12.2. The minimum atomic E-state index is 0.0145. The van der Waals surface area contributed by atoms with E-state index in [9.17, 15) is 9.59 Å². The standard InChI is InChI=1S/C17H25N3O3/c1-13(21)20-9-3-7-16(20)15-6-2-8-19(15)12-17(22)18-11-14-5-4-10-23-14/h4-5,10,15-16H,2-3,6-9,11-12H2,1H3,(H,18,22). The highest BCUT2D eigenvalue weighted by Crippen LogP contribution is 2.29. The topological polar surface area (TPSA) is 65.8 Å². The molecule has 0 bridgehead atoms. The summed E-state index contributed by atoms with van der Waals surface area (Å²) in [6.45, 7) is 4.25. The molecule has 2 saturated heterocycles. The minimum absolute atomic E-state index is 0.0145. The molecule has 0 spiro atoms. The van der Waals surface area contributed by atoms with E-state index < -0.39 is 0 Å². The number of carbonyl (C=O) groups is 2. The Morgan fingerprint density at radius 2 is 2.04 bits per heavy atom. The van der Waals surface area contributed by atoms with Gasteiger partial charge in [0, 0.05) is 25.6 Å². The lowest BCUT2D eigenvalue weighted by Gasteiger charge is -2.34. The van der Waals surface area contributed by atoms with Crippen LogP contribution in [0.3, 0.4) is 0 Å². The van der Waals surface area contributed by atoms with Crippen molar-refractivity contribution in [2.45, 2.75) is 51.2 Å². The Bertz CT molecular complexity index is 543. The number of likely N-dealkylation sites (tertiary alicyclic amines) is 2. The predicted molar refractivity (Wildman–Crippen MR) is 85.6 cm³/mol. The monoisotopic (exact) mass is 319 g/mol. The first kappa shape index (κ1) is 16.1. The van der Waals surface area contributed by atoms with Crippen LogP contribution in [0.15, 0.2) is 22.8 Å². The zero-order valence-electron chi connectivity index (χ0n) is 13.7. The van der Waals surface area contributed by atoms with Crippen molar-refractivity contribution in [3.63, 3.8) is 0 Å². The highest BCUT2D eigenvalue weighted by atomic mass is 16.3. The summed E-state index contributed by atoms with van der Waals surface area (Å²) in [5.74, 6) is 0.928. The van der Waals surface area contributed by atoms with Gasteiger partial charge in [0.05, 0.1) is 19.4 Å². The number of nitrogens with one attached hydrogen (secondary N) is 1. The average molecular weight is 319 g/mol. The molecule has 126 valence electrons. The van der Waals surface area contributed by atoms with Gasteiger partial charge in [-0.1, -0.05) is 0 Å². The predicted octanol–water partition coefficient (Wildman–Crippen LogP) is 1.37. The van der Waals surface area contributed by atoms with E-state index in [0.717, 1.165) is 44.5 Å². The zero-order valence-corrected chi connectivity index (χ0v) is 13.7. The molecule has 2 aliphatic heterocycles. The second-order valence-electron chi connectivity index (χ2n) is 6.46. The third-order valence-electron chi connectivity index (χ3n) is 4.95. The number of furan rings is 1. The molecule has 1 N–H and O–H groups in total.